The summed E-state index contributed by atoms with van der Waals surface area (Å²) in [6, 6.07) is 0. The smallest absolute Gasteiger partial charge is 0.308 e. The fraction of sp³-hybridized carbons (Fsp3) is 0.929. The molecule has 2 atom stereocenters. The zero-order valence-corrected chi connectivity index (χ0v) is 11.8. The van der Waals surface area contributed by atoms with E-state index in [1.54, 1.807) is 0 Å². The van der Waals surface area contributed by atoms with Gasteiger partial charge in [-0.1, -0.05) is 26.2 Å². The van der Waals surface area contributed by atoms with E-state index in [1.165, 1.54) is 0 Å². The molecule has 5 heteroatoms. The Morgan fingerprint density at radius 3 is 2.95 bits per heavy atom. The van der Waals surface area contributed by atoms with Gasteiger partial charge in [-0.25, -0.2) is 0 Å². The molecule has 112 valence electrons. The lowest BCUT2D eigenvalue weighted by Gasteiger charge is -2.22. The summed E-state index contributed by atoms with van der Waals surface area (Å²) in [7, 11) is 0. The summed E-state index contributed by atoms with van der Waals surface area (Å²) >= 11 is 0. The van der Waals surface area contributed by atoms with Crippen LogP contribution in [0.4, 0.5) is 0 Å². The Morgan fingerprint density at radius 1 is 1.42 bits per heavy atom. The van der Waals surface area contributed by atoms with E-state index in [-0.39, 0.29) is 18.5 Å². The van der Waals surface area contributed by atoms with Crippen molar-refractivity contribution in [2.45, 2.75) is 57.7 Å². The SMILES string of the molecule is CCCCC[C@H](O)CC(=O)OCCC1COCCO1. The number of aliphatic hydroxyl groups is 1. The first-order valence-corrected chi connectivity index (χ1v) is 7.25. The highest BCUT2D eigenvalue weighted by Gasteiger charge is 2.16. The molecule has 1 N–H and O–H groups in total. The minimum Gasteiger partial charge on any atom is -0.465 e. The molecule has 1 aliphatic heterocycles. The molecule has 0 amide bonds. The Hall–Kier alpha value is -0.650. The van der Waals surface area contributed by atoms with E-state index in [1.807, 2.05) is 0 Å². The molecular weight excluding hydrogens is 248 g/mol. The number of carbonyl (C=O) groups excluding carboxylic acids is 1. The van der Waals surface area contributed by atoms with Gasteiger partial charge in [-0.3, -0.25) is 4.79 Å². The molecule has 0 spiro atoms. The van der Waals surface area contributed by atoms with Gasteiger partial charge in [-0.05, 0) is 6.42 Å². The zero-order valence-electron chi connectivity index (χ0n) is 11.8. The van der Waals surface area contributed by atoms with Crippen LogP contribution in [-0.4, -0.2) is 49.7 Å². The van der Waals surface area contributed by atoms with E-state index < -0.39 is 6.10 Å². The van der Waals surface area contributed by atoms with Gasteiger partial charge in [0.05, 0.1) is 45.1 Å². The van der Waals surface area contributed by atoms with Crippen LogP contribution in [0.1, 0.15) is 45.4 Å². The van der Waals surface area contributed by atoms with E-state index in [9.17, 15) is 9.90 Å². The summed E-state index contributed by atoms with van der Waals surface area (Å²) in [5.41, 5.74) is 0. The van der Waals surface area contributed by atoms with Crippen LogP contribution in [0.15, 0.2) is 0 Å². The number of ether oxygens (including phenoxy) is 3. The summed E-state index contributed by atoms with van der Waals surface area (Å²) in [5, 5.41) is 9.65. The molecule has 1 fully saturated rings. The number of carbonyl (C=O) groups is 1. The Morgan fingerprint density at radius 2 is 2.26 bits per heavy atom. The lowest BCUT2D eigenvalue weighted by Crippen LogP contribution is -2.30. The van der Waals surface area contributed by atoms with E-state index >= 15 is 0 Å². The molecule has 5 nitrogen and oxygen atoms in total. The van der Waals surface area contributed by atoms with Gasteiger partial charge in [0.15, 0.2) is 0 Å². The van der Waals surface area contributed by atoms with Crippen molar-refractivity contribution in [3.05, 3.63) is 0 Å². The van der Waals surface area contributed by atoms with Gasteiger partial charge in [-0.2, -0.15) is 0 Å². The van der Waals surface area contributed by atoms with E-state index in [2.05, 4.69) is 6.92 Å². The third-order valence-electron chi connectivity index (χ3n) is 3.13. The van der Waals surface area contributed by atoms with Gasteiger partial charge in [0.1, 0.15) is 0 Å². The number of unbranched alkanes of at least 4 members (excludes halogenated alkanes) is 2. The van der Waals surface area contributed by atoms with Gasteiger partial charge in [0.25, 0.3) is 0 Å². The van der Waals surface area contributed by atoms with Gasteiger partial charge in [0.2, 0.25) is 0 Å². The quantitative estimate of drug-likeness (QED) is 0.512. The minimum absolute atomic E-state index is 0.0241. The third kappa shape index (κ3) is 8.18. The van der Waals surface area contributed by atoms with Gasteiger partial charge in [-0.15, -0.1) is 0 Å². The Labute approximate surface area is 115 Å². The maximum atomic E-state index is 11.5. The van der Waals surface area contributed by atoms with Crippen LogP contribution in [0.5, 0.6) is 0 Å². The topological polar surface area (TPSA) is 65.0 Å². The summed E-state index contributed by atoms with van der Waals surface area (Å²) in [6.07, 6.45) is 4.01. The van der Waals surface area contributed by atoms with Crippen LogP contribution >= 0.6 is 0 Å². The Kier molecular flexibility index (Phi) is 8.79. The largest absolute Gasteiger partial charge is 0.465 e. The highest BCUT2D eigenvalue weighted by Crippen LogP contribution is 2.08. The van der Waals surface area contributed by atoms with Gasteiger partial charge < -0.3 is 19.3 Å². The third-order valence-corrected chi connectivity index (χ3v) is 3.13. The molecule has 0 bridgehead atoms. The second-order valence-electron chi connectivity index (χ2n) is 4.93. The van der Waals surface area contributed by atoms with Crippen molar-refractivity contribution >= 4 is 5.97 Å². The minimum atomic E-state index is -0.576. The average molecular weight is 274 g/mol. The van der Waals surface area contributed by atoms with Crippen LogP contribution in [0, 0.1) is 0 Å². The van der Waals surface area contributed by atoms with Crippen molar-refractivity contribution in [1.29, 1.82) is 0 Å². The van der Waals surface area contributed by atoms with Crippen LogP contribution in [0.3, 0.4) is 0 Å². The van der Waals surface area contributed by atoms with Gasteiger partial charge in [0, 0.05) is 6.42 Å². The van der Waals surface area contributed by atoms with E-state index in [0.717, 1.165) is 19.3 Å². The van der Waals surface area contributed by atoms with Crippen molar-refractivity contribution in [3.8, 4) is 0 Å². The molecule has 0 saturated carbocycles. The first kappa shape index (κ1) is 16.4. The highest BCUT2D eigenvalue weighted by molar-refractivity contribution is 5.69. The van der Waals surface area contributed by atoms with Gasteiger partial charge >= 0.3 is 5.97 Å². The fourth-order valence-corrected chi connectivity index (χ4v) is 1.99. The summed E-state index contributed by atoms with van der Waals surface area (Å²) in [6.45, 7) is 4.25. The summed E-state index contributed by atoms with van der Waals surface area (Å²) in [5.74, 6) is -0.333. The molecule has 0 aromatic rings. The monoisotopic (exact) mass is 274 g/mol. The lowest BCUT2D eigenvalue weighted by atomic mass is 10.1. The van der Waals surface area contributed by atoms with Crippen molar-refractivity contribution in [1.82, 2.24) is 0 Å². The number of esters is 1. The molecule has 19 heavy (non-hydrogen) atoms. The zero-order chi connectivity index (χ0) is 13.9. The number of hydrogen-bond acceptors (Lipinski definition) is 5. The Bertz CT molecular complexity index is 238. The molecule has 1 rings (SSSR count). The molecule has 1 saturated heterocycles. The average Bonchev–Trinajstić information content (AvgIpc) is 2.40. The summed E-state index contributed by atoms with van der Waals surface area (Å²) < 4.78 is 15.8. The molecular formula is C14H26O5. The molecule has 0 aromatic heterocycles. The van der Waals surface area contributed by atoms with Crippen molar-refractivity contribution in [3.63, 3.8) is 0 Å². The van der Waals surface area contributed by atoms with Crippen molar-refractivity contribution < 1.29 is 24.1 Å². The second-order valence-corrected chi connectivity index (χ2v) is 4.93. The first-order chi connectivity index (χ1) is 9.22. The first-order valence-electron chi connectivity index (χ1n) is 7.25. The maximum Gasteiger partial charge on any atom is 0.308 e. The molecule has 1 heterocycles. The predicted molar refractivity (Wildman–Crippen MR) is 70.9 cm³/mol. The van der Waals surface area contributed by atoms with Crippen LogP contribution in [0.25, 0.3) is 0 Å². The number of hydrogen-bond donors (Lipinski definition) is 1. The van der Waals surface area contributed by atoms with Crippen LogP contribution in [0.2, 0.25) is 0 Å². The predicted octanol–water partition coefficient (Wildman–Crippen LogP) is 1.67. The lowest BCUT2D eigenvalue weighted by molar-refractivity contribution is -0.148. The molecule has 0 aromatic carbocycles. The number of aliphatic hydroxyl groups excluding tert-OH is 1. The normalized spacial score (nSPS) is 21.1. The highest BCUT2D eigenvalue weighted by atomic mass is 16.6. The standard InChI is InChI=1S/C14H26O5/c1-2-3-4-5-12(15)10-14(16)19-7-6-13-11-17-8-9-18-13/h12-13,15H,2-11H2,1H3/t12-,13?/m0/s1. The summed E-state index contributed by atoms with van der Waals surface area (Å²) in [4.78, 5) is 11.5. The molecule has 0 radical (unpaired) electrons. The van der Waals surface area contributed by atoms with Crippen LogP contribution < -0.4 is 0 Å². The van der Waals surface area contributed by atoms with Crippen molar-refractivity contribution in [2.24, 2.45) is 0 Å². The maximum absolute atomic E-state index is 11.5. The molecule has 1 unspecified atom stereocenters. The van der Waals surface area contributed by atoms with E-state index in [0.29, 0.717) is 39.3 Å². The van der Waals surface area contributed by atoms with Crippen molar-refractivity contribution in [2.75, 3.05) is 26.4 Å². The van der Waals surface area contributed by atoms with Crippen LogP contribution in [-0.2, 0) is 19.0 Å². The molecule has 1 aliphatic rings. The molecule has 0 aliphatic carbocycles. The Balaban J connectivity index is 2.00. The number of rotatable bonds is 9. The fourth-order valence-electron chi connectivity index (χ4n) is 1.99. The van der Waals surface area contributed by atoms with E-state index in [4.69, 9.17) is 14.2 Å². The second kappa shape index (κ2) is 10.2.